The molecule has 1 heterocycles. The fourth-order valence-corrected chi connectivity index (χ4v) is 3.98. The number of hydrogen-bond donors (Lipinski definition) is 0. The number of nitro groups is 1. The Kier molecular flexibility index (Phi) is 4.22. The Morgan fingerprint density at radius 3 is 2.46 bits per heavy atom. The zero-order valence-corrected chi connectivity index (χ0v) is 15.0. The summed E-state index contributed by atoms with van der Waals surface area (Å²) in [5.41, 5.74) is 4.98. The molecular weight excluding hydrogens is 344 g/mol. The topological polar surface area (TPSA) is 56.0 Å². The van der Waals surface area contributed by atoms with Gasteiger partial charge in [-0.2, -0.15) is 0 Å². The van der Waals surface area contributed by atoms with Crippen molar-refractivity contribution >= 4 is 27.2 Å². The van der Waals surface area contributed by atoms with Gasteiger partial charge in [-0.05, 0) is 41.3 Å². The van der Waals surface area contributed by atoms with E-state index >= 15 is 0 Å². The van der Waals surface area contributed by atoms with Crippen LogP contribution in [-0.4, -0.2) is 9.91 Å². The second-order valence-corrected chi connectivity index (χ2v) is 7.05. The van der Waals surface area contributed by atoms with Gasteiger partial charge < -0.3 is 0 Å². The van der Waals surface area contributed by atoms with Crippen LogP contribution >= 0.6 is 11.3 Å². The van der Waals surface area contributed by atoms with Crippen LogP contribution in [0, 0.1) is 10.1 Å². The number of hydrogen-bond acceptors (Lipinski definition) is 4. The smallest absolute Gasteiger partial charge is 0.258 e. The van der Waals surface area contributed by atoms with Gasteiger partial charge in [-0.3, -0.25) is 10.1 Å². The molecule has 128 valence electrons. The Morgan fingerprint density at radius 2 is 1.77 bits per heavy atom. The quantitative estimate of drug-likeness (QED) is 0.326. The van der Waals surface area contributed by atoms with Crippen molar-refractivity contribution in [2.45, 2.75) is 13.3 Å². The summed E-state index contributed by atoms with van der Waals surface area (Å²) in [6, 6.07) is 21.1. The second-order valence-electron chi connectivity index (χ2n) is 6.02. The minimum Gasteiger partial charge on any atom is -0.258 e. The molecule has 4 nitrogen and oxygen atoms in total. The van der Waals surface area contributed by atoms with Gasteiger partial charge in [0.1, 0.15) is 5.01 Å². The molecule has 0 radical (unpaired) electrons. The molecule has 1 aromatic heterocycles. The standard InChI is InChI=1S/C21H16N2O2S/c1-2-14-7-9-15(10-8-14)18-13-16(23(24)25)11-12-17(18)21-22-19-5-3-4-6-20(19)26-21/h3-13H,2H2,1H3. The Labute approximate surface area is 154 Å². The summed E-state index contributed by atoms with van der Waals surface area (Å²) in [5, 5.41) is 12.1. The molecule has 4 rings (SSSR count). The van der Waals surface area contributed by atoms with E-state index in [9.17, 15) is 10.1 Å². The molecule has 0 atom stereocenters. The van der Waals surface area contributed by atoms with Crippen LogP contribution in [-0.2, 0) is 6.42 Å². The van der Waals surface area contributed by atoms with Gasteiger partial charge >= 0.3 is 0 Å². The second kappa shape index (κ2) is 6.69. The fraction of sp³-hybridized carbons (Fsp3) is 0.0952. The number of non-ortho nitro benzene ring substituents is 1. The van der Waals surface area contributed by atoms with E-state index in [1.807, 2.05) is 36.4 Å². The van der Waals surface area contributed by atoms with E-state index in [1.165, 1.54) is 5.56 Å². The van der Waals surface area contributed by atoms with E-state index < -0.39 is 0 Å². The van der Waals surface area contributed by atoms with Gasteiger partial charge in [-0.1, -0.05) is 43.3 Å². The van der Waals surface area contributed by atoms with Gasteiger partial charge in [0, 0.05) is 17.7 Å². The molecule has 0 aliphatic heterocycles. The van der Waals surface area contributed by atoms with E-state index in [4.69, 9.17) is 4.98 Å². The number of nitrogens with zero attached hydrogens (tertiary/aromatic N) is 2. The van der Waals surface area contributed by atoms with Crippen LogP contribution in [0.25, 0.3) is 31.9 Å². The average molecular weight is 360 g/mol. The SMILES string of the molecule is CCc1ccc(-c2cc([N+](=O)[O-])ccc2-c2nc3ccccc3s2)cc1. The molecule has 0 N–H and O–H groups in total. The molecule has 0 bridgehead atoms. The summed E-state index contributed by atoms with van der Waals surface area (Å²) < 4.78 is 1.10. The molecule has 4 aromatic rings. The highest BCUT2D eigenvalue weighted by Gasteiger charge is 2.16. The highest BCUT2D eigenvalue weighted by atomic mass is 32.1. The highest BCUT2D eigenvalue weighted by Crippen LogP contribution is 2.38. The van der Waals surface area contributed by atoms with Crippen LogP contribution in [0.2, 0.25) is 0 Å². The Balaban J connectivity index is 1.91. The molecule has 3 aromatic carbocycles. The third-order valence-corrected chi connectivity index (χ3v) is 5.48. The molecule has 0 saturated carbocycles. The van der Waals surface area contributed by atoms with E-state index in [0.29, 0.717) is 0 Å². The summed E-state index contributed by atoms with van der Waals surface area (Å²) in [4.78, 5) is 15.6. The number of fused-ring (bicyclic) bond motifs is 1. The normalized spacial score (nSPS) is 11.0. The molecule has 5 heteroatoms. The van der Waals surface area contributed by atoms with E-state index in [-0.39, 0.29) is 10.6 Å². The van der Waals surface area contributed by atoms with Crippen molar-refractivity contribution in [2.75, 3.05) is 0 Å². The van der Waals surface area contributed by atoms with Crippen molar-refractivity contribution in [3.8, 4) is 21.7 Å². The van der Waals surface area contributed by atoms with Crippen molar-refractivity contribution in [3.05, 3.63) is 82.4 Å². The summed E-state index contributed by atoms with van der Waals surface area (Å²) in [6.45, 7) is 2.11. The van der Waals surface area contributed by atoms with Crippen LogP contribution in [0.3, 0.4) is 0 Å². The Bertz CT molecular complexity index is 1070. The summed E-state index contributed by atoms with van der Waals surface area (Å²) >= 11 is 1.60. The molecular formula is C21H16N2O2S. The monoisotopic (exact) mass is 360 g/mol. The van der Waals surface area contributed by atoms with Gasteiger partial charge in [-0.15, -0.1) is 11.3 Å². The third kappa shape index (κ3) is 2.97. The predicted molar refractivity (Wildman–Crippen MR) is 107 cm³/mol. The first kappa shape index (κ1) is 16.4. The van der Waals surface area contributed by atoms with Crippen molar-refractivity contribution in [1.29, 1.82) is 0 Å². The molecule has 26 heavy (non-hydrogen) atoms. The lowest BCUT2D eigenvalue weighted by atomic mass is 9.98. The van der Waals surface area contributed by atoms with E-state index in [0.717, 1.165) is 38.3 Å². The van der Waals surface area contributed by atoms with Gasteiger partial charge in [0.2, 0.25) is 0 Å². The van der Waals surface area contributed by atoms with Crippen molar-refractivity contribution < 1.29 is 4.92 Å². The summed E-state index contributed by atoms with van der Waals surface area (Å²) in [6.07, 6.45) is 0.958. The largest absolute Gasteiger partial charge is 0.270 e. The minimum atomic E-state index is -0.355. The number of aryl methyl sites for hydroxylation is 1. The molecule has 0 fully saturated rings. The van der Waals surface area contributed by atoms with Gasteiger partial charge in [0.15, 0.2) is 0 Å². The first-order valence-electron chi connectivity index (χ1n) is 8.39. The molecule has 0 saturated heterocycles. The number of benzene rings is 3. The number of nitro benzene ring substituents is 1. The van der Waals surface area contributed by atoms with Crippen LogP contribution < -0.4 is 0 Å². The zero-order chi connectivity index (χ0) is 18.1. The number of thiazole rings is 1. The zero-order valence-electron chi connectivity index (χ0n) is 14.2. The first-order chi connectivity index (χ1) is 12.7. The average Bonchev–Trinajstić information content (AvgIpc) is 3.11. The van der Waals surface area contributed by atoms with Crippen LogP contribution in [0.4, 0.5) is 5.69 Å². The number of aromatic nitrogens is 1. The summed E-state index contributed by atoms with van der Waals surface area (Å²) in [5.74, 6) is 0. The molecule has 0 aliphatic carbocycles. The van der Waals surface area contributed by atoms with Crippen LogP contribution in [0.5, 0.6) is 0 Å². The Morgan fingerprint density at radius 1 is 1.00 bits per heavy atom. The van der Waals surface area contributed by atoms with E-state index in [1.54, 1.807) is 29.5 Å². The molecule has 0 amide bonds. The van der Waals surface area contributed by atoms with Gasteiger partial charge in [0.05, 0.1) is 15.1 Å². The van der Waals surface area contributed by atoms with Crippen LogP contribution in [0.15, 0.2) is 66.7 Å². The predicted octanol–water partition coefficient (Wildman–Crippen LogP) is 6.10. The molecule has 0 unspecified atom stereocenters. The fourth-order valence-electron chi connectivity index (χ4n) is 2.98. The number of para-hydroxylation sites is 1. The molecule has 0 aliphatic rings. The maximum absolute atomic E-state index is 11.3. The van der Waals surface area contributed by atoms with E-state index in [2.05, 4.69) is 19.1 Å². The minimum absolute atomic E-state index is 0.0874. The van der Waals surface area contributed by atoms with Crippen LogP contribution in [0.1, 0.15) is 12.5 Å². The number of rotatable bonds is 4. The highest BCUT2D eigenvalue weighted by molar-refractivity contribution is 7.21. The lowest BCUT2D eigenvalue weighted by molar-refractivity contribution is -0.384. The summed E-state index contributed by atoms with van der Waals surface area (Å²) in [7, 11) is 0. The lowest BCUT2D eigenvalue weighted by Crippen LogP contribution is -1.91. The van der Waals surface area contributed by atoms with Crippen molar-refractivity contribution in [1.82, 2.24) is 4.98 Å². The maximum atomic E-state index is 11.3. The van der Waals surface area contributed by atoms with Gasteiger partial charge in [0.25, 0.3) is 5.69 Å². The first-order valence-corrected chi connectivity index (χ1v) is 9.21. The lowest BCUT2D eigenvalue weighted by Gasteiger charge is -2.08. The Hall–Kier alpha value is -3.05. The van der Waals surface area contributed by atoms with Gasteiger partial charge in [-0.25, -0.2) is 4.98 Å². The van der Waals surface area contributed by atoms with Crippen molar-refractivity contribution in [2.24, 2.45) is 0 Å². The third-order valence-electron chi connectivity index (χ3n) is 4.41. The maximum Gasteiger partial charge on any atom is 0.270 e. The molecule has 0 spiro atoms. The van der Waals surface area contributed by atoms with Crippen molar-refractivity contribution in [3.63, 3.8) is 0 Å².